The van der Waals surface area contributed by atoms with Gasteiger partial charge in [-0.05, 0) is 45.9 Å². The Hall–Kier alpha value is -2.59. The van der Waals surface area contributed by atoms with Gasteiger partial charge in [0.25, 0.3) is 0 Å². The van der Waals surface area contributed by atoms with Crippen molar-refractivity contribution in [3.8, 4) is 5.82 Å². The summed E-state index contributed by atoms with van der Waals surface area (Å²) in [6.07, 6.45) is 0. The summed E-state index contributed by atoms with van der Waals surface area (Å²) in [6.45, 7) is 7.59. The lowest BCUT2D eigenvalue weighted by Crippen LogP contribution is -2.25. The molecule has 0 fully saturated rings. The molecule has 0 aliphatic carbocycles. The van der Waals surface area contributed by atoms with Gasteiger partial charge in [-0.3, -0.25) is 9.59 Å². The van der Waals surface area contributed by atoms with Crippen LogP contribution in [0.1, 0.15) is 34.9 Å². The molecule has 0 saturated carbocycles. The third kappa shape index (κ3) is 5.07. The van der Waals surface area contributed by atoms with E-state index in [1.807, 2.05) is 32.2 Å². The fraction of sp³-hybridized carbons (Fsp3) is 0.368. The van der Waals surface area contributed by atoms with Gasteiger partial charge in [-0.15, -0.1) is 21.5 Å². The second-order valence-electron chi connectivity index (χ2n) is 6.34. The summed E-state index contributed by atoms with van der Waals surface area (Å²) in [5.41, 5.74) is 2.63. The molecule has 0 N–H and O–H groups in total. The Morgan fingerprint density at radius 1 is 1.21 bits per heavy atom. The predicted molar refractivity (Wildman–Crippen MR) is 111 cm³/mol. The Bertz CT molecular complexity index is 1010. The Balaban J connectivity index is 1.69. The molecule has 0 aliphatic rings. The number of carbonyl (C=O) groups is 2. The minimum absolute atomic E-state index is 0.0655. The second-order valence-corrected chi connectivity index (χ2v) is 8.22. The van der Waals surface area contributed by atoms with E-state index in [2.05, 4.69) is 20.3 Å². The van der Waals surface area contributed by atoms with Crippen molar-refractivity contribution in [2.75, 3.05) is 12.4 Å². The summed E-state index contributed by atoms with van der Waals surface area (Å²) in [4.78, 5) is 29.4. The molecule has 3 aromatic rings. The lowest BCUT2D eigenvalue weighted by molar-refractivity contribution is -0.147. The molecule has 0 bridgehead atoms. The lowest BCUT2D eigenvalue weighted by Gasteiger charge is -2.12. The van der Waals surface area contributed by atoms with Gasteiger partial charge in [-0.25, -0.2) is 9.67 Å². The topological polar surface area (TPSA) is 99.9 Å². The molecule has 3 rings (SSSR count). The summed E-state index contributed by atoms with van der Waals surface area (Å²) in [7, 11) is 0. The first-order valence-corrected chi connectivity index (χ1v) is 10.9. The van der Waals surface area contributed by atoms with Gasteiger partial charge >= 0.3 is 5.97 Å². The van der Waals surface area contributed by atoms with E-state index in [0.717, 1.165) is 17.1 Å². The number of rotatable bonds is 8. The van der Waals surface area contributed by atoms with E-state index in [-0.39, 0.29) is 18.1 Å². The molecule has 29 heavy (non-hydrogen) atoms. The highest BCUT2D eigenvalue weighted by Gasteiger charge is 2.32. The maximum Gasteiger partial charge on any atom is 0.323 e. The van der Waals surface area contributed by atoms with Crippen molar-refractivity contribution < 1.29 is 14.3 Å². The number of thiazole rings is 1. The Morgan fingerprint density at radius 3 is 2.55 bits per heavy atom. The molecule has 0 radical (unpaired) electrons. The number of Topliss-reactive ketones (excluding diaryl/α,β-unsaturated/α-hetero) is 1. The van der Waals surface area contributed by atoms with E-state index in [9.17, 15) is 9.59 Å². The number of aromatic nitrogens is 5. The SMILES string of the molecule is CCOC(=O)[C@@H](C(=O)CSc1ccc(-n2nc(C)cc2C)nn1)c1nc(C)cs1. The Morgan fingerprint density at radius 2 is 2.00 bits per heavy atom. The average Bonchev–Trinajstić information content (AvgIpc) is 3.25. The second kappa shape index (κ2) is 9.27. The summed E-state index contributed by atoms with van der Waals surface area (Å²) >= 11 is 2.51. The van der Waals surface area contributed by atoms with Crippen molar-refractivity contribution in [1.82, 2.24) is 25.0 Å². The fourth-order valence-electron chi connectivity index (χ4n) is 2.69. The van der Waals surface area contributed by atoms with E-state index < -0.39 is 11.9 Å². The van der Waals surface area contributed by atoms with Crippen LogP contribution < -0.4 is 0 Å². The number of esters is 1. The molecule has 0 amide bonds. The van der Waals surface area contributed by atoms with Gasteiger partial charge in [-0.1, -0.05) is 11.8 Å². The minimum atomic E-state index is -1.01. The molecule has 1 atom stereocenters. The summed E-state index contributed by atoms with van der Waals surface area (Å²) in [6, 6.07) is 5.54. The van der Waals surface area contributed by atoms with E-state index >= 15 is 0 Å². The van der Waals surface area contributed by atoms with Gasteiger partial charge in [0.2, 0.25) is 0 Å². The van der Waals surface area contributed by atoms with E-state index in [0.29, 0.717) is 15.9 Å². The summed E-state index contributed by atoms with van der Waals surface area (Å²) in [5, 5.41) is 15.6. The van der Waals surface area contributed by atoms with Crippen molar-refractivity contribution in [1.29, 1.82) is 0 Å². The van der Waals surface area contributed by atoms with Crippen LogP contribution in [0.3, 0.4) is 0 Å². The van der Waals surface area contributed by atoms with Crippen molar-refractivity contribution in [2.45, 2.75) is 38.6 Å². The number of ether oxygens (including phenoxy) is 1. The molecule has 8 nitrogen and oxygen atoms in total. The van der Waals surface area contributed by atoms with Crippen LogP contribution in [0.4, 0.5) is 0 Å². The zero-order valence-corrected chi connectivity index (χ0v) is 18.2. The van der Waals surface area contributed by atoms with E-state index in [4.69, 9.17) is 4.74 Å². The molecule has 3 heterocycles. The van der Waals surface area contributed by atoms with Gasteiger partial charge in [0.1, 0.15) is 10.0 Å². The number of hydrogen-bond acceptors (Lipinski definition) is 9. The van der Waals surface area contributed by atoms with Crippen molar-refractivity contribution in [3.05, 3.63) is 45.7 Å². The minimum Gasteiger partial charge on any atom is -0.465 e. The van der Waals surface area contributed by atoms with Crippen molar-refractivity contribution in [2.24, 2.45) is 0 Å². The maximum atomic E-state index is 12.8. The number of nitrogens with zero attached hydrogens (tertiary/aromatic N) is 5. The van der Waals surface area contributed by atoms with Crippen molar-refractivity contribution in [3.63, 3.8) is 0 Å². The monoisotopic (exact) mass is 431 g/mol. The normalized spacial score (nSPS) is 12.0. The number of thioether (sulfide) groups is 1. The fourth-order valence-corrected chi connectivity index (χ4v) is 4.32. The third-order valence-electron chi connectivity index (χ3n) is 3.94. The van der Waals surface area contributed by atoms with Crippen LogP contribution in [0.2, 0.25) is 0 Å². The number of ketones is 1. The van der Waals surface area contributed by atoms with Crippen LogP contribution in [0.25, 0.3) is 5.82 Å². The zero-order valence-electron chi connectivity index (χ0n) is 16.6. The van der Waals surface area contributed by atoms with Gasteiger partial charge in [0.15, 0.2) is 17.5 Å². The highest BCUT2D eigenvalue weighted by molar-refractivity contribution is 7.99. The highest BCUT2D eigenvalue weighted by Crippen LogP contribution is 2.26. The van der Waals surface area contributed by atoms with Gasteiger partial charge < -0.3 is 4.74 Å². The van der Waals surface area contributed by atoms with E-state index in [1.54, 1.807) is 23.7 Å². The summed E-state index contributed by atoms with van der Waals surface area (Å²) in [5.74, 6) is -1.18. The number of hydrogen-bond donors (Lipinski definition) is 0. The molecule has 0 spiro atoms. The van der Waals surface area contributed by atoms with Crippen LogP contribution in [-0.4, -0.2) is 49.1 Å². The van der Waals surface area contributed by atoms with Crippen LogP contribution in [0, 0.1) is 20.8 Å². The smallest absolute Gasteiger partial charge is 0.323 e. The number of carbonyl (C=O) groups excluding carboxylic acids is 2. The molecular weight excluding hydrogens is 410 g/mol. The first-order valence-electron chi connectivity index (χ1n) is 9.00. The molecule has 0 aromatic carbocycles. The molecule has 152 valence electrons. The number of aryl methyl sites for hydroxylation is 3. The lowest BCUT2D eigenvalue weighted by atomic mass is 10.1. The molecule has 0 saturated heterocycles. The van der Waals surface area contributed by atoms with Crippen LogP contribution in [0.5, 0.6) is 0 Å². The quantitative estimate of drug-likeness (QED) is 0.305. The predicted octanol–water partition coefficient (Wildman–Crippen LogP) is 3.05. The van der Waals surface area contributed by atoms with E-state index in [1.165, 1.54) is 23.1 Å². The van der Waals surface area contributed by atoms with Crippen LogP contribution in [-0.2, 0) is 14.3 Å². The molecular formula is C19H21N5O3S2. The Labute approximate surface area is 176 Å². The van der Waals surface area contributed by atoms with Crippen LogP contribution in [0.15, 0.2) is 28.6 Å². The zero-order chi connectivity index (χ0) is 21.0. The van der Waals surface area contributed by atoms with Crippen molar-refractivity contribution >= 4 is 34.9 Å². The maximum absolute atomic E-state index is 12.8. The summed E-state index contributed by atoms with van der Waals surface area (Å²) < 4.78 is 6.79. The largest absolute Gasteiger partial charge is 0.465 e. The highest BCUT2D eigenvalue weighted by atomic mass is 32.2. The molecule has 10 heteroatoms. The van der Waals surface area contributed by atoms with Crippen LogP contribution >= 0.6 is 23.1 Å². The molecule has 0 unspecified atom stereocenters. The molecule has 3 aromatic heterocycles. The first-order chi connectivity index (χ1) is 13.9. The Kier molecular flexibility index (Phi) is 6.75. The van der Waals surface area contributed by atoms with Gasteiger partial charge in [0.05, 0.1) is 18.1 Å². The first kappa shape index (κ1) is 21.1. The van der Waals surface area contributed by atoms with Gasteiger partial charge in [0, 0.05) is 16.8 Å². The third-order valence-corrected chi connectivity index (χ3v) is 5.91. The molecule has 0 aliphatic heterocycles. The standard InChI is InChI=1S/C19H21N5O3S2/c1-5-27-19(26)17(18-20-12(3)9-29-18)14(25)10-28-16-7-6-15(21-22-16)24-13(4)8-11(2)23-24/h6-9,17H,5,10H2,1-4H3/t17-/m0/s1. The van der Waals surface area contributed by atoms with Gasteiger partial charge in [-0.2, -0.15) is 5.10 Å². The average molecular weight is 432 g/mol.